The van der Waals surface area contributed by atoms with Crippen molar-refractivity contribution < 1.29 is 18.7 Å². The molecule has 4 heterocycles. The van der Waals surface area contributed by atoms with Gasteiger partial charge in [-0.15, -0.1) is 11.3 Å². The first-order valence-corrected chi connectivity index (χ1v) is 10.7. The van der Waals surface area contributed by atoms with Crippen LogP contribution in [0.15, 0.2) is 16.7 Å². The fourth-order valence-electron chi connectivity index (χ4n) is 3.86. The molecule has 4 rings (SSSR count). The lowest BCUT2D eigenvalue weighted by atomic mass is 10.0. The number of hydrogen-bond acceptors (Lipinski definition) is 8. The molecule has 8 nitrogen and oxygen atoms in total. The van der Waals surface area contributed by atoms with Gasteiger partial charge in [0.15, 0.2) is 0 Å². The zero-order valence-electron chi connectivity index (χ0n) is 17.4. The van der Waals surface area contributed by atoms with E-state index >= 15 is 0 Å². The number of fused-ring (bicyclic) bond motifs is 1. The van der Waals surface area contributed by atoms with Crippen molar-refractivity contribution in [3.63, 3.8) is 0 Å². The second-order valence-electron chi connectivity index (χ2n) is 7.45. The number of amides is 1. The molecule has 158 valence electrons. The number of carbonyl (C=O) groups excluding carboxylic acids is 2. The Kier molecular flexibility index (Phi) is 5.46. The van der Waals surface area contributed by atoms with Crippen LogP contribution in [0.25, 0.3) is 10.2 Å². The SMILES string of the molecule is COC(=O)c1sc2nc(C)nc(N3CCC(NC(=O)c4ccoc4C)CC3)c2c1C. The van der Waals surface area contributed by atoms with Crippen LogP contribution in [0.5, 0.6) is 0 Å². The van der Waals surface area contributed by atoms with Crippen molar-refractivity contribution in [1.82, 2.24) is 15.3 Å². The van der Waals surface area contributed by atoms with Crippen LogP contribution in [-0.2, 0) is 4.74 Å². The molecule has 0 spiro atoms. The summed E-state index contributed by atoms with van der Waals surface area (Å²) in [7, 11) is 1.38. The van der Waals surface area contributed by atoms with Gasteiger partial charge in [-0.25, -0.2) is 14.8 Å². The summed E-state index contributed by atoms with van der Waals surface area (Å²) in [4.78, 5) is 37.4. The lowest BCUT2D eigenvalue weighted by Gasteiger charge is -2.33. The smallest absolute Gasteiger partial charge is 0.348 e. The maximum absolute atomic E-state index is 12.5. The van der Waals surface area contributed by atoms with Crippen molar-refractivity contribution >= 4 is 39.2 Å². The van der Waals surface area contributed by atoms with Crippen molar-refractivity contribution in [2.45, 2.75) is 39.7 Å². The zero-order valence-corrected chi connectivity index (χ0v) is 18.3. The number of piperidine rings is 1. The van der Waals surface area contributed by atoms with E-state index in [1.54, 1.807) is 13.0 Å². The predicted octanol–water partition coefficient (Wildman–Crippen LogP) is 3.39. The van der Waals surface area contributed by atoms with E-state index in [4.69, 9.17) is 14.1 Å². The first kappa shape index (κ1) is 20.3. The van der Waals surface area contributed by atoms with E-state index in [2.05, 4.69) is 15.2 Å². The van der Waals surface area contributed by atoms with Crippen LogP contribution >= 0.6 is 11.3 Å². The molecule has 1 N–H and O–H groups in total. The topological polar surface area (TPSA) is 97.6 Å². The Hall–Kier alpha value is -2.94. The van der Waals surface area contributed by atoms with Crippen LogP contribution in [0.3, 0.4) is 0 Å². The predicted molar refractivity (Wildman–Crippen MR) is 114 cm³/mol. The molecule has 30 heavy (non-hydrogen) atoms. The van der Waals surface area contributed by atoms with E-state index in [0.29, 0.717) is 22.0 Å². The molecule has 0 saturated carbocycles. The van der Waals surface area contributed by atoms with Gasteiger partial charge in [0.1, 0.15) is 27.1 Å². The minimum atomic E-state index is -0.352. The number of rotatable bonds is 4. The number of methoxy groups -OCH3 is 1. The van der Waals surface area contributed by atoms with Crippen LogP contribution in [-0.4, -0.2) is 48.1 Å². The quantitative estimate of drug-likeness (QED) is 0.636. The average molecular weight is 429 g/mol. The fraction of sp³-hybridized carbons (Fsp3) is 0.429. The molecule has 0 radical (unpaired) electrons. The molecule has 9 heteroatoms. The standard InChI is InChI=1S/C21H24N4O4S/c1-11-16-18(22-13(3)23-20(16)30-17(11)21(27)28-4)25-8-5-14(6-9-25)24-19(26)15-7-10-29-12(15)2/h7,10,14H,5-6,8-9H2,1-4H3,(H,24,26). The molecule has 0 unspecified atom stereocenters. The third-order valence-electron chi connectivity index (χ3n) is 5.49. The molecule has 0 atom stereocenters. The number of furan rings is 1. The molecule has 1 saturated heterocycles. The van der Waals surface area contributed by atoms with Gasteiger partial charge in [-0.2, -0.15) is 0 Å². The highest BCUT2D eigenvalue weighted by Crippen LogP contribution is 2.36. The summed E-state index contributed by atoms with van der Waals surface area (Å²) < 4.78 is 10.1. The van der Waals surface area contributed by atoms with Gasteiger partial charge < -0.3 is 19.4 Å². The molecule has 3 aromatic rings. The maximum Gasteiger partial charge on any atom is 0.348 e. The van der Waals surface area contributed by atoms with Gasteiger partial charge in [-0.3, -0.25) is 4.79 Å². The molecular weight excluding hydrogens is 404 g/mol. The molecule has 1 aliphatic heterocycles. The van der Waals surface area contributed by atoms with Crippen LogP contribution in [0, 0.1) is 20.8 Å². The lowest BCUT2D eigenvalue weighted by Crippen LogP contribution is -2.45. The van der Waals surface area contributed by atoms with Gasteiger partial charge >= 0.3 is 5.97 Å². The molecule has 0 bridgehead atoms. The highest BCUT2D eigenvalue weighted by atomic mass is 32.1. The summed E-state index contributed by atoms with van der Waals surface area (Å²) in [5, 5.41) is 4.01. The average Bonchev–Trinajstić information content (AvgIpc) is 3.30. The van der Waals surface area contributed by atoms with Crippen LogP contribution < -0.4 is 10.2 Å². The number of aromatic nitrogens is 2. The third-order valence-corrected chi connectivity index (χ3v) is 6.65. The highest BCUT2D eigenvalue weighted by molar-refractivity contribution is 7.20. The third kappa shape index (κ3) is 3.65. The summed E-state index contributed by atoms with van der Waals surface area (Å²) in [6.45, 7) is 7.06. The van der Waals surface area contributed by atoms with E-state index in [9.17, 15) is 9.59 Å². The van der Waals surface area contributed by atoms with Crippen molar-refractivity contribution in [2.75, 3.05) is 25.1 Å². The Balaban J connectivity index is 1.53. The number of esters is 1. The lowest BCUT2D eigenvalue weighted by molar-refractivity contribution is 0.0605. The van der Waals surface area contributed by atoms with Gasteiger partial charge in [0.25, 0.3) is 5.91 Å². The number of ether oxygens (including phenoxy) is 1. The van der Waals surface area contributed by atoms with Crippen molar-refractivity contribution in [3.8, 4) is 0 Å². The van der Waals surface area contributed by atoms with E-state index in [1.165, 1.54) is 24.7 Å². The number of anilines is 1. The number of aryl methyl sites for hydroxylation is 3. The second kappa shape index (κ2) is 8.06. The van der Waals surface area contributed by atoms with E-state index in [-0.39, 0.29) is 17.9 Å². The minimum Gasteiger partial charge on any atom is -0.469 e. The fourth-order valence-corrected chi connectivity index (χ4v) is 5.00. The molecule has 1 fully saturated rings. The van der Waals surface area contributed by atoms with Crippen LogP contribution in [0.4, 0.5) is 5.82 Å². The minimum absolute atomic E-state index is 0.0932. The molecule has 0 aromatic carbocycles. The van der Waals surface area contributed by atoms with Gasteiger partial charge in [0.2, 0.25) is 0 Å². The van der Waals surface area contributed by atoms with Gasteiger partial charge in [-0.1, -0.05) is 0 Å². The van der Waals surface area contributed by atoms with Crippen molar-refractivity contribution in [3.05, 3.63) is 39.9 Å². The van der Waals surface area contributed by atoms with Crippen LogP contribution in [0.2, 0.25) is 0 Å². The summed E-state index contributed by atoms with van der Waals surface area (Å²) >= 11 is 1.34. The maximum atomic E-state index is 12.5. The summed E-state index contributed by atoms with van der Waals surface area (Å²) in [5.74, 6) is 1.68. The zero-order chi connectivity index (χ0) is 21.4. The summed E-state index contributed by atoms with van der Waals surface area (Å²) in [6, 6.07) is 1.79. The van der Waals surface area contributed by atoms with Crippen molar-refractivity contribution in [1.29, 1.82) is 0 Å². The largest absolute Gasteiger partial charge is 0.469 e. The molecule has 0 aliphatic carbocycles. The van der Waals surface area contributed by atoms with E-state index in [1.807, 2.05) is 13.8 Å². The summed E-state index contributed by atoms with van der Waals surface area (Å²) in [5.41, 5.74) is 1.43. The van der Waals surface area contributed by atoms with E-state index < -0.39 is 0 Å². The normalized spacial score (nSPS) is 14.9. The number of carbonyl (C=O) groups is 2. The van der Waals surface area contributed by atoms with Crippen LogP contribution in [0.1, 0.15) is 50.0 Å². The highest BCUT2D eigenvalue weighted by Gasteiger charge is 2.27. The Morgan fingerprint density at radius 2 is 1.97 bits per heavy atom. The van der Waals surface area contributed by atoms with Crippen molar-refractivity contribution in [2.24, 2.45) is 0 Å². The first-order valence-electron chi connectivity index (χ1n) is 9.85. The number of nitrogens with one attached hydrogen (secondary N) is 1. The Bertz CT molecular complexity index is 1110. The van der Waals surface area contributed by atoms with Gasteiger partial charge in [0.05, 0.1) is 24.3 Å². The summed E-state index contributed by atoms with van der Waals surface area (Å²) in [6.07, 6.45) is 3.14. The monoisotopic (exact) mass is 428 g/mol. The molecule has 1 aliphatic rings. The number of nitrogens with zero attached hydrogens (tertiary/aromatic N) is 3. The number of thiophene rings is 1. The van der Waals surface area contributed by atoms with Gasteiger partial charge in [0, 0.05) is 19.1 Å². The van der Waals surface area contributed by atoms with E-state index in [0.717, 1.165) is 47.5 Å². The second-order valence-corrected chi connectivity index (χ2v) is 8.45. The van der Waals surface area contributed by atoms with Gasteiger partial charge in [-0.05, 0) is 45.2 Å². The Morgan fingerprint density at radius 3 is 2.60 bits per heavy atom. The molecular formula is C21H24N4O4S. The Morgan fingerprint density at radius 1 is 1.23 bits per heavy atom. The molecule has 3 aromatic heterocycles. The first-order chi connectivity index (χ1) is 14.4. The number of hydrogen-bond donors (Lipinski definition) is 1. The molecule has 1 amide bonds. The Labute approximate surface area is 178 Å².